The van der Waals surface area contributed by atoms with Gasteiger partial charge in [0.25, 0.3) is 0 Å². The van der Waals surface area contributed by atoms with Gasteiger partial charge in [0.05, 0.1) is 35.2 Å². The van der Waals surface area contributed by atoms with Crippen LogP contribution in [0, 0.1) is 0 Å². The normalized spacial score (nSPS) is 11.2. The van der Waals surface area contributed by atoms with Gasteiger partial charge in [0.1, 0.15) is 10.8 Å². The molecule has 166 valence electrons. The number of hydrogen-bond acceptors (Lipinski definition) is 6. The number of aryl methyl sites for hydroxylation is 1. The number of hydrogen-bond donors (Lipinski definition) is 1. The maximum atomic E-state index is 12.2. The summed E-state index contributed by atoms with van der Waals surface area (Å²) in [6, 6.07) is 13.4. The Kier molecular flexibility index (Phi) is 6.89. The zero-order chi connectivity index (χ0) is 22.7. The van der Waals surface area contributed by atoms with E-state index in [4.69, 9.17) is 21.3 Å². The van der Waals surface area contributed by atoms with Gasteiger partial charge in [0.15, 0.2) is 5.15 Å². The Bertz CT molecular complexity index is 1260. The quantitative estimate of drug-likeness (QED) is 0.345. The van der Waals surface area contributed by atoms with E-state index in [0.29, 0.717) is 23.0 Å². The number of methoxy groups -OCH3 is 1. The Morgan fingerprint density at radius 1 is 1.22 bits per heavy atom. The number of thiazole rings is 1. The zero-order valence-electron chi connectivity index (χ0n) is 18.0. The number of aromatic nitrogens is 3. The van der Waals surface area contributed by atoms with E-state index in [1.807, 2.05) is 34.9 Å². The van der Waals surface area contributed by atoms with Gasteiger partial charge in [0.2, 0.25) is 0 Å². The molecule has 0 spiro atoms. The second-order valence-corrected chi connectivity index (χ2v) is 8.86. The predicted octanol–water partition coefficient (Wildman–Crippen LogP) is 5.48. The van der Waals surface area contributed by atoms with E-state index in [0.717, 1.165) is 51.4 Å². The number of benzene rings is 2. The molecule has 0 atom stereocenters. The van der Waals surface area contributed by atoms with Crippen molar-refractivity contribution >= 4 is 39.1 Å². The minimum atomic E-state index is -0.381. The van der Waals surface area contributed by atoms with Gasteiger partial charge >= 0.3 is 5.97 Å². The number of imidazole rings is 1. The van der Waals surface area contributed by atoms with Crippen LogP contribution in [0.2, 0.25) is 5.15 Å². The summed E-state index contributed by atoms with van der Waals surface area (Å²) in [5.41, 5.74) is 3.78. The van der Waals surface area contributed by atoms with E-state index < -0.39 is 0 Å². The van der Waals surface area contributed by atoms with E-state index in [1.54, 1.807) is 6.07 Å². The van der Waals surface area contributed by atoms with Crippen molar-refractivity contribution in [2.45, 2.75) is 39.3 Å². The number of unbranched alkanes of at least 4 members (excludes halogenated alkanes) is 1. The lowest BCUT2D eigenvalue weighted by Crippen LogP contribution is -2.09. The summed E-state index contributed by atoms with van der Waals surface area (Å²) in [5.74, 6) is 0.501. The number of nitrogens with zero attached hydrogens (tertiary/aromatic N) is 3. The van der Waals surface area contributed by atoms with Crippen LogP contribution in [-0.2, 0) is 24.3 Å². The highest BCUT2D eigenvalue weighted by Crippen LogP contribution is 2.33. The highest BCUT2D eigenvalue weighted by Gasteiger charge is 2.18. The van der Waals surface area contributed by atoms with E-state index in [1.165, 1.54) is 18.4 Å². The lowest BCUT2D eigenvalue weighted by Gasteiger charge is -2.11. The van der Waals surface area contributed by atoms with E-state index >= 15 is 0 Å². The first-order chi connectivity index (χ1) is 15.5. The van der Waals surface area contributed by atoms with Crippen molar-refractivity contribution in [3.8, 4) is 10.6 Å². The van der Waals surface area contributed by atoms with Gasteiger partial charge in [-0.3, -0.25) is 0 Å². The van der Waals surface area contributed by atoms with Crippen LogP contribution >= 0.6 is 22.9 Å². The van der Waals surface area contributed by atoms with Gasteiger partial charge < -0.3 is 14.4 Å². The van der Waals surface area contributed by atoms with Gasteiger partial charge in [-0.2, -0.15) is 0 Å². The maximum Gasteiger partial charge on any atom is 0.338 e. The van der Waals surface area contributed by atoms with Crippen molar-refractivity contribution in [2.75, 3.05) is 7.11 Å². The van der Waals surface area contributed by atoms with Crippen LogP contribution < -0.4 is 0 Å². The van der Waals surface area contributed by atoms with E-state index in [-0.39, 0.29) is 12.6 Å². The molecule has 0 unspecified atom stereocenters. The summed E-state index contributed by atoms with van der Waals surface area (Å²) in [6.07, 6.45) is 2.87. The molecular formula is C24H24ClN3O3S. The molecule has 0 bridgehead atoms. The van der Waals surface area contributed by atoms with Gasteiger partial charge in [0, 0.05) is 18.5 Å². The third-order valence-electron chi connectivity index (χ3n) is 5.36. The molecule has 6 nitrogen and oxygen atoms in total. The Labute approximate surface area is 195 Å². The number of ether oxygens (including phenoxy) is 1. The summed E-state index contributed by atoms with van der Waals surface area (Å²) < 4.78 is 7.95. The molecule has 32 heavy (non-hydrogen) atoms. The van der Waals surface area contributed by atoms with Gasteiger partial charge in [-0.05, 0) is 30.2 Å². The monoisotopic (exact) mass is 469 g/mol. The van der Waals surface area contributed by atoms with Crippen LogP contribution in [-0.4, -0.2) is 32.7 Å². The molecule has 1 N–H and O–H groups in total. The number of aliphatic hydroxyl groups is 1. The number of rotatable bonds is 8. The van der Waals surface area contributed by atoms with Crippen molar-refractivity contribution in [3.63, 3.8) is 0 Å². The fourth-order valence-corrected chi connectivity index (χ4v) is 4.94. The molecule has 2 aromatic carbocycles. The van der Waals surface area contributed by atoms with E-state index in [9.17, 15) is 9.90 Å². The summed E-state index contributed by atoms with van der Waals surface area (Å²) in [6.45, 7) is 2.52. The molecule has 0 aliphatic rings. The van der Waals surface area contributed by atoms with Gasteiger partial charge in [-0.1, -0.05) is 49.2 Å². The number of carbonyl (C=O) groups is 1. The van der Waals surface area contributed by atoms with Crippen LogP contribution in [0.25, 0.3) is 20.8 Å². The topological polar surface area (TPSA) is 77.2 Å². The fourth-order valence-electron chi connectivity index (χ4n) is 3.70. The SMILES string of the molecule is CCCCc1nc(Cl)c(CO)n1Cc1ccc2sc(-c3ccccc3C(=O)OC)nc2c1. The van der Waals surface area contributed by atoms with Gasteiger partial charge in [-0.15, -0.1) is 11.3 Å². The number of fused-ring (bicyclic) bond motifs is 1. The van der Waals surface area contributed by atoms with Crippen molar-refractivity contribution < 1.29 is 14.6 Å². The van der Waals surface area contributed by atoms with Gasteiger partial charge in [-0.25, -0.2) is 14.8 Å². The van der Waals surface area contributed by atoms with Crippen LogP contribution in [0.4, 0.5) is 0 Å². The standard InChI is InChI=1S/C24H24ClN3O3S/c1-3-4-9-21-27-22(25)19(14-29)28(21)13-15-10-11-20-18(12-15)26-23(32-20)16-7-5-6-8-17(16)24(30)31-2/h5-8,10-12,29H,3-4,9,13-14H2,1-2H3. The highest BCUT2D eigenvalue weighted by atomic mass is 35.5. The highest BCUT2D eigenvalue weighted by molar-refractivity contribution is 7.21. The molecule has 2 heterocycles. The number of halogens is 1. The molecular weight excluding hydrogens is 446 g/mol. The first-order valence-electron chi connectivity index (χ1n) is 10.5. The van der Waals surface area contributed by atoms with Crippen molar-refractivity contribution in [3.05, 3.63) is 70.3 Å². The van der Waals surface area contributed by atoms with Crippen molar-refractivity contribution in [2.24, 2.45) is 0 Å². The minimum Gasteiger partial charge on any atom is -0.465 e. The summed E-state index contributed by atoms with van der Waals surface area (Å²) in [4.78, 5) is 21.4. The maximum absolute atomic E-state index is 12.2. The minimum absolute atomic E-state index is 0.161. The molecule has 0 saturated heterocycles. The number of aliphatic hydroxyl groups excluding tert-OH is 1. The molecule has 0 radical (unpaired) electrons. The molecule has 4 rings (SSSR count). The molecule has 4 aromatic rings. The Balaban J connectivity index is 1.69. The molecule has 0 aliphatic carbocycles. The molecule has 0 saturated carbocycles. The average Bonchev–Trinajstić information content (AvgIpc) is 3.37. The molecule has 0 amide bonds. The van der Waals surface area contributed by atoms with Crippen LogP contribution in [0.1, 0.15) is 47.2 Å². The molecule has 8 heteroatoms. The fraction of sp³-hybridized carbons (Fsp3) is 0.292. The second kappa shape index (κ2) is 9.81. The molecule has 2 aromatic heterocycles. The van der Waals surface area contributed by atoms with Crippen molar-refractivity contribution in [1.82, 2.24) is 14.5 Å². The summed E-state index contributed by atoms with van der Waals surface area (Å²) in [5, 5.41) is 10.9. The number of esters is 1. The van der Waals surface area contributed by atoms with Crippen LogP contribution in [0.15, 0.2) is 42.5 Å². The lowest BCUT2D eigenvalue weighted by atomic mass is 10.1. The lowest BCUT2D eigenvalue weighted by molar-refractivity contribution is 0.0601. The first-order valence-corrected chi connectivity index (χ1v) is 11.7. The predicted molar refractivity (Wildman–Crippen MR) is 127 cm³/mol. The zero-order valence-corrected chi connectivity index (χ0v) is 19.5. The Morgan fingerprint density at radius 3 is 2.78 bits per heavy atom. The van der Waals surface area contributed by atoms with Crippen LogP contribution in [0.3, 0.4) is 0 Å². The largest absolute Gasteiger partial charge is 0.465 e. The number of carbonyl (C=O) groups excluding carboxylic acids is 1. The molecule has 0 fully saturated rings. The van der Waals surface area contributed by atoms with Crippen LogP contribution in [0.5, 0.6) is 0 Å². The Morgan fingerprint density at radius 2 is 2.03 bits per heavy atom. The smallest absolute Gasteiger partial charge is 0.338 e. The first kappa shape index (κ1) is 22.5. The second-order valence-electron chi connectivity index (χ2n) is 7.47. The summed E-state index contributed by atoms with van der Waals surface area (Å²) in [7, 11) is 1.38. The van der Waals surface area contributed by atoms with E-state index in [2.05, 4.69) is 18.0 Å². The van der Waals surface area contributed by atoms with Crippen molar-refractivity contribution in [1.29, 1.82) is 0 Å². The third kappa shape index (κ3) is 4.41. The molecule has 0 aliphatic heterocycles. The summed E-state index contributed by atoms with van der Waals surface area (Å²) >= 11 is 7.81. The third-order valence-corrected chi connectivity index (χ3v) is 6.73. The average molecular weight is 470 g/mol. The Hall–Kier alpha value is -2.74.